The standard InChI is InChI=1S/C17H28N2O5S/c1-4-7-14(8-5-2)17(22)19(13-16(20)21)15-9-11-18(12-10-15)25(23,24)6-3/h4-5,14-15H,1-2,6-13H2,3H3,(H,20,21). The summed E-state index contributed by atoms with van der Waals surface area (Å²) in [7, 11) is -3.26. The lowest BCUT2D eigenvalue weighted by molar-refractivity contribution is -0.149. The summed E-state index contributed by atoms with van der Waals surface area (Å²) in [5.41, 5.74) is 0. The fraction of sp³-hybridized carbons (Fsp3) is 0.647. The molecule has 1 rings (SSSR count). The number of carbonyl (C=O) groups excluding carboxylic acids is 1. The molecule has 1 N–H and O–H groups in total. The second kappa shape index (κ2) is 9.72. The molecule has 0 radical (unpaired) electrons. The summed E-state index contributed by atoms with van der Waals surface area (Å²) in [6.45, 7) is 9.12. The van der Waals surface area contributed by atoms with Gasteiger partial charge in [0.1, 0.15) is 6.54 Å². The zero-order valence-corrected chi connectivity index (χ0v) is 15.6. The molecule has 0 aromatic heterocycles. The number of rotatable bonds is 10. The molecule has 1 heterocycles. The van der Waals surface area contributed by atoms with Gasteiger partial charge in [-0.05, 0) is 32.6 Å². The van der Waals surface area contributed by atoms with E-state index in [1.165, 1.54) is 9.21 Å². The van der Waals surface area contributed by atoms with E-state index in [4.69, 9.17) is 0 Å². The Hall–Kier alpha value is -1.67. The predicted octanol–water partition coefficient (Wildman–Crippen LogP) is 1.48. The molecule has 1 amide bonds. The highest BCUT2D eigenvalue weighted by Gasteiger charge is 2.34. The van der Waals surface area contributed by atoms with Crippen LogP contribution in [0.1, 0.15) is 32.6 Å². The average Bonchev–Trinajstić information content (AvgIpc) is 2.59. The van der Waals surface area contributed by atoms with Gasteiger partial charge in [0.2, 0.25) is 15.9 Å². The predicted molar refractivity (Wildman–Crippen MR) is 96.5 cm³/mol. The third-order valence-electron chi connectivity index (χ3n) is 4.46. The van der Waals surface area contributed by atoms with Crippen molar-refractivity contribution in [3.8, 4) is 0 Å². The molecule has 7 nitrogen and oxygen atoms in total. The van der Waals surface area contributed by atoms with Crippen LogP contribution in [-0.4, -0.2) is 66.0 Å². The summed E-state index contributed by atoms with van der Waals surface area (Å²) in [6.07, 6.45) is 5.05. The highest BCUT2D eigenvalue weighted by atomic mass is 32.2. The van der Waals surface area contributed by atoms with Crippen LogP contribution in [0.4, 0.5) is 0 Å². The number of piperidine rings is 1. The minimum absolute atomic E-state index is 0.0379. The molecule has 0 aliphatic carbocycles. The lowest BCUT2D eigenvalue weighted by Crippen LogP contribution is -2.51. The summed E-state index contributed by atoms with van der Waals surface area (Å²) in [5, 5.41) is 9.18. The van der Waals surface area contributed by atoms with Gasteiger partial charge in [-0.1, -0.05) is 12.2 Å². The number of nitrogens with zero attached hydrogens (tertiary/aromatic N) is 2. The molecule has 8 heteroatoms. The van der Waals surface area contributed by atoms with Crippen LogP contribution in [0.25, 0.3) is 0 Å². The van der Waals surface area contributed by atoms with Crippen LogP contribution in [0.2, 0.25) is 0 Å². The molecule has 1 aliphatic heterocycles. The second-order valence-corrected chi connectivity index (χ2v) is 8.39. The summed E-state index contributed by atoms with van der Waals surface area (Å²) < 4.78 is 25.3. The van der Waals surface area contributed by atoms with Gasteiger partial charge in [0, 0.05) is 25.0 Å². The molecule has 1 saturated heterocycles. The second-order valence-electron chi connectivity index (χ2n) is 6.14. The molecule has 0 saturated carbocycles. The zero-order chi connectivity index (χ0) is 19.0. The molecule has 25 heavy (non-hydrogen) atoms. The summed E-state index contributed by atoms with van der Waals surface area (Å²) in [4.78, 5) is 25.4. The van der Waals surface area contributed by atoms with Crippen molar-refractivity contribution in [3.63, 3.8) is 0 Å². The van der Waals surface area contributed by atoms with E-state index in [1.54, 1.807) is 19.1 Å². The highest BCUT2D eigenvalue weighted by Crippen LogP contribution is 2.23. The zero-order valence-electron chi connectivity index (χ0n) is 14.8. The number of amides is 1. The number of hydrogen-bond donors (Lipinski definition) is 1. The Morgan fingerprint density at radius 2 is 1.76 bits per heavy atom. The number of aliphatic carboxylic acids is 1. The van der Waals surface area contributed by atoms with Crippen LogP contribution in [-0.2, 0) is 19.6 Å². The van der Waals surface area contributed by atoms with Gasteiger partial charge >= 0.3 is 5.97 Å². The Balaban J connectivity index is 2.89. The first kappa shape index (κ1) is 21.4. The number of hydrogen-bond acceptors (Lipinski definition) is 4. The van der Waals surface area contributed by atoms with Gasteiger partial charge in [0.25, 0.3) is 0 Å². The molecule has 1 aliphatic rings. The van der Waals surface area contributed by atoms with Crippen molar-refractivity contribution in [2.75, 3.05) is 25.4 Å². The fourth-order valence-corrected chi connectivity index (χ4v) is 4.21. The molecule has 0 aromatic carbocycles. The van der Waals surface area contributed by atoms with Crippen LogP contribution in [0, 0.1) is 5.92 Å². The maximum atomic E-state index is 12.8. The van der Waals surface area contributed by atoms with Crippen LogP contribution in [0.3, 0.4) is 0 Å². The van der Waals surface area contributed by atoms with E-state index in [0.29, 0.717) is 38.8 Å². The van der Waals surface area contributed by atoms with E-state index in [0.717, 1.165) is 0 Å². The third kappa shape index (κ3) is 5.97. The molecule has 0 spiro atoms. The van der Waals surface area contributed by atoms with Crippen molar-refractivity contribution in [1.82, 2.24) is 9.21 Å². The minimum atomic E-state index is -3.26. The van der Waals surface area contributed by atoms with Gasteiger partial charge in [-0.3, -0.25) is 9.59 Å². The van der Waals surface area contributed by atoms with Gasteiger partial charge in [0.15, 0.2) is 0 Å². The van der Waals surface area contributed by atoms with Crippen molar-refractivity contribution in [2.45, 2.75) is 38.6 Å². The van der Waals surface area contributed by atoms with Crippen molar-refractivity contribution < 1.29 is 23.1 Å². The average molecular weight is 372 g/mol. The molecule has 0 aromatic rings. The monoisotopic (exact) mass is 372 g/mol. The number of sulfonamides is 1. The van der Waals surface area contributed by atoms with Gasteiger partial charge in [-0.2, -0.15) is 0 Å². The highest BCUT2D eigenvalue weighted by molar-refractivity contribution is 7.89. The van der Waals surface area contributed by atoms with Gasteiger partial charge in [-0.25, -0.2) is 12.7 Å². The number of carbonyl (C=O) groups is 2. The number of carboxylic acids is 1. The molecule has 142 valence electrons. The van der Waals surface area contributed by atoms with E-state index in [9.17, 15) is 23.1 Å². The van der Waals surface area contributed by atoms with Crippen molar-refractivity contribution >= 4 is 21.9 Å². The van der Waals surface area contributed by atoms with Crippen LogP contribution >= 0.6 is 0 Å². The van der Waals surface area contributed by atoms with E-state index < -0.39 is 16.0 Å². The normalized spacial score (nSPS) is 16.6. The molecular formula is C17H28N2O5S. The fourth-order valence-electron chi connectivity index (χ4n) is 3.08. The quantitative estimate of drug-likeness (QED) is 0.586. The van der Waals surface area contributed by atoms with E-state index >= 15 is 0 Å². The number of allylic oxidation sites excluding steroid dienone is 2. The Bertz CT molecular complexity index is 584. The Morgan fingerprint density at radius 1 is 1.24 bits per heavy atom. The maximum absolute atomic E-state index is 12.8. The first-order valence-corrected chi connectivity index (χ1v) is 10.1. The summed E-state index contributed by atoms with van der Waals surface area (Å²) >= 11 is 0. The number of carboxylic acid groups (broad SMARTS) is 1. The van der Waals surface area contributed by atoms with Gasteiger partial charge in [-0.15, -0.1) is 13.2 Å². The minimum Gasteiger partial charge on any atom is -0.480 e. The Labute approximate surface area is 150 Å². The lowest BCUT2D eigenvalue weighted by atomic mass is 9.96. The van der Waals surface area contributed by atoms with Crippen molar-refractivity contribution in [3.05, 3.63) is 25.3 Å². The van der Waals surface area contributed by atoms with E-state index in [-0.39, 0.29) is 30.2 Å². The first-order valence-electron chi connectivity index (χ1n) is 8.48. The van der Waals surface area contributed by atoms with E-state index in [1.807, 2.05) is 0 Å². The SMILES string of the molecule is C=CCC(CC=C)C(=O)N(CC(=O)O)C1CCN(S(=O)(=O)CC)CC1. The summed E-state index contributed by atoms with van der Waals surface area (Å²) in [5.74, 6) is -1.66. The third-order valence-corrected chi connectivity index (χ3v) is 6.34. The molecule has 0 unspecified atom stereocenters. The molecule has 0 atom stereocenters. The Kier molecular flexibility index (Phi) is 8.31. The van der Waals surface area contributed by atoms with Crippen LogP contribution in [0.15, 0.2) is 25.3 Å². The maximum Gasteiger partial charge on any atom is 0.323 e. The van der Waals surface area contributed by atoms with Gasteiger partial charge < -0.3 is 10.0 Å². The smallest absolute Gasteiger partial charge is 0.323 e. The molecular weight excluding hydrogens is 344 g/mol. The van der Waals surface area contributed by atoms with Crippen molar-refractivity contribution in [1.29, 1.82) is 0 Å². The first-order chi connectivity index (χ1) is 11.8. The topological polar surface area (TPSA) is 95.0 Å². The lowest BCUT2D eigenvalue weighted by Gasteiger charge is -2.38. The van der Waals surface area contributed by atoms with E-state index in [2.05, 4.69) is 13.2 Å². The largest absolute Gasteiger partial charge is 0.480 e. The van der Waals surface area contributed by atoms with Crippen LogP contribution < -0.4 is 0 Å². The van der Waals surface area contributed by atoms with Crippen LogP contribution in [0.5, 0.6) is 0 Å². The van der Waals surface area contributed by atoms with Crippen molar-refractivity contribution in [2.24, 2.45) is 5.92 Å². The van der Waals surface area contributed by atoms with Gasteiger partial charge in [0.05, 0.1) is 5.75 Å². The summed E-state index contributed by atoms with van der Waals surface area (Å²) in [6, 6.07) is -0.274. The molecule has 0 bridgehead atoms. The molecule has 1 fully saturated rings. The Morgan fingerprint density at radius 3 is 2.16 bits per heavy atom.